The highest BCUT2D eigenvalue weighted by Crippen LogP contribution is 2.06. The largest absolute Gasteiger partial charge is 0.466 e. The van der Waals surface area contributed by atoms with Crippen molar-refractivity contribution in [2.24, 2.45) is 0 Å². The second-order valence-corrected chi connectivity index (χ2v) is 4.06. The number of aryl methyl sites for hydroxylation is 2. The third kappa shape index (κ3) is 4.96. The molecule has 0 spiro atoms. The second-order valence-electron chi connectivity index (χ2n) is 4.06. The summed E-state index contributed by atoms with van der Waals surface area (Å²) < 4.78 is 5.09. The van der Waals surface area contributed by atoms with Crippen LogP contribution >= 0.6 is 0 Å². The van der Waals surface area contributed by atoms with Crippen LogP contribution in [-0.2, 0) is 16.0 Å². The number of benzene rings is 1. The first-order chi connectivity index (χ1) is 7.72. The monoisotopic (exact) mass is 220 g/mol. The van der Waals surface area contributed by atoms with Crippen LogP contribution in [0.3, 0.4) is 0 Å². The Morgan fingerprint density at radius 3 is 2.56 bits per heavy atom. The fraction of sp³-hybridized carbons (Fsp3) is 0.500. The molecule has 0 aliphatic heterocycles. The maximum Gasteiger partial charge on any atom is 0.306 e. The maximum atomic E-state index is 11.3. The van der Waals surface area contributed by atoms with Gasteiger partial charge in [0.2, 0.25) is 0 Å². The fourth-order valence-electron chi connectivity index (χ4n) is 1.40. The molecule has 0 aliphatic rings. The van der Waals surface area contributed by atoms with Gasteiger partial charge in [-0.15, -0.1) is 0 Å². The number of unbranched alkanes of at least 4 members (excludes halogenated alkanes) is 1. The first-order valence-electron chi connectivity index (χ1n) is 5.93. The molecule has 0 bridgehead atoms. The molecular weight excluding hydrogens is 200 g/mol. The highest BCUT2D eigenvalue weighted by Gasteiger charge is 2.02. The average molecular weight is 220 g/mol. The summed E-state index contributed by atoms with van der Waals surface area (Å²) in [6.45, 7) is 4.70. The van der Waals surface area contributed by atoms with Crippen LogP contribution in [0.25, 0.3) is 0 Å². The van der Waals surface area contributed by atoms with Gasteiger partial charge in [0.25, 0.3) is 0 Å². The smallest absolute Gasteiger partial charge is 0.306 e. The Labute approximate surface area is 97.6 Å². The molecule has 0 heterocycles. The second kappa shape index (κ2) is 7.04. The molecule has 2 heteroatoms. The summed E-state index contributed by atoms with van der Waals surface area (Å²) >= 11 is 0. The third-order valence-electron chi connectivity index (χ3n) is 2.50. The summed E-state index contributed by atoms with van der Waals surface area (Å²) in [5.74, 6) is -0.0889. The fourth-order valence-corrected chi connectivity index (χ4v) is 1.40. The van der Waals surface area contributed by atoms with E-state index >= 15 is 0 Å². The number of hydrogen-bond acceptors (Lipinski definition) is 2. The molecule has 1 aromatic rings. The minimum atomic E-state index is -0.0889. The van der Waals surface area contributed by atoms with Crippen LogP contribution in [0, 0.1) is 6.92 Å². The molecule has 0 unspecified atom stereocenters. The number of esters is 1. The Morgan fingerprint density at radius 2 is 1.94 bits per heavy atom. The number of carbonyl (C=O) groups excluding carboxylic acids is 1. The summed E-state index contributed by atoms with van der Waals surface area (Å²) in [4.78, 5) is 11.3. The van der Waals surface area contributed by atoms with Gasteiger partial charge in [-0.3, -0.25) is 4.79 Å². The number of ether oxygens (including phenoxy) is 1. The van der Waals surface area contributed by atoms with Crippen LogP contribution in [0.1, 0.15) is 37.3 Å². The summed E-state index contributed by atoms with van der Waals surface area (Å²) in [6, 6.07) is 8.26. The predicted octanol–water partition coefficient (Wildman–Crippen LogP) is 3.27. The molecule has 0 saturated carbocycles. The van der Waals surface area contributed by atoms with Crippen molar-refractivity contribution in [1.29, 1.82) is 0 Å². The summed E-state index contributed by atoms with van der Waals surface area (Å²) in [5.41, 5.74) is 2.44. The van der Waals surface area contributed by atoms with Gasteiger partial charge in [0.05, 0.1) is 6.61 Å². The van der Waals surface area contributed by atoms with E-state index < -0.39 is 0 Å². The maximum absolute atomic E-state index is 11.3. The predicted molar refractivity (Wildman–Crippen MR) is 65.4 cm³/mol. The van der Waals surface area contributed by atoms with Crippen molar-refractivity contribution in [2.45, 2.75) is 39.5 Å². The minimum Gasteiger partial charge on any atom is -0.466 e. The highest BCUT2D eigenvalue weighted by molar-refractivity contribution is 5.69. The summed E-state index contributed by atoms with van der Waals surface area (Å²) in [7, 11) is 0. The number of carbonyl (C=O) groups is 1. The molecule has 0 N–H and O–H groups in total. The van der Waals surface area contributed by atoms with Crippen molar-refractivity contribution in [3.05, 3.63) is 35.4 Å². The zero-order valence-electron chi connectivity index (χ0n) is 10.2. The van der Waals surface area contributed by atoms with Crippen LogP contribution in [0.15, 0.2) is 24.3 Å². The van der Waals surface area contributed by atoms with E-state index in [1.165, 1.54) is 11.1 Å². The number of hydrogen-bond donors (Lipinski definition) is 0. The van der Waals surface area contributed by atoms with Crippen LogP contribution in [-0.4, -0.2) is 12.6 Å². The molecular formula is C14H20O2. The molecule has 1 rings (SSSR count). The molecule has 1 aromatic carbocycles. The first-order valence-corrected chi connectivity index (χ1v) is 5.93. The standard InChI is InChI=1S/C14H20O2/c1-3-4-11-16-14(15)10-9-13-7-5-12(2)6-8-13/h5-8H,3-4,9-11H2,1-2H3. The van der Waals surface area contributed by atoms with Gasteiger partial charge in [-0.05, 0) is 25.3 Å². The molecule has 0 amide bonds. The van der Waals surface area contributed by atoms with E-state index in [2.05, 4.69) is 38.1 Å². The molecule has 88 valence electrons. The van der Waals surface area contributed by atoms with Crippen LogP contribution in [0.4, 0.5) is 0 Å². The van der Waals surface area contributed by atoms with Crippen LogP contribution in [0.2, 0.25) is 0 Å². The van der Waals surface area contributed by atoms with Crippen molar-refractivity contribution in [1.82, 2.24) is 0 Å². The molecule has 16 heavy (non-hydrogen) atoms. The van der Waals surface area contributed by atoms with Gasteiger partial charge < -0.3 is 4.74 Å². The number of rotatable bonds is 6. The van der Waals surface area contributed by atoms with Gasteiger partial charge in [-0.25, -0.2) is 0 Å². The molecule has 0 fully saturated rings. The van der Waals surface area contributed by atoms with E-state index in [-0.39, 0.29) is 5.97 Å². The van der Waals surface area contributed by atoms with Gasteiger partial charge in [0.15, 0.2) is 0 Å². The van der Waals surface area contributed by atoms with Crippen molar-refractivity contribution in [3.8, 4) is 0 Å². The Kier molecular flexibility index (Phi) is 5.62. The van der Waals surface area contributed by atoms with Gasteiger partial charge >= 0.3 is 5.97 Å². The van der Waals surface area contributed by atoms with Crippen molar-refractivity contribution < 1.29 is 9.53 Å². The zero-order chi connectivity index (χ0) is 11.8. The lowest BCUT2D eigenvalue weighted by Crippen LogP contribution is -2.06. The lowest BCUT2D eigenvalue weighted by Gasteiger charge is -2.04. The Bertz CT molecular complexity index is 314. The van der Waals surface area contributed by atoms with Gasteiger partial charge in [-0.1, -0.05) is 43.2 Å². The lowest BCUT2D eigenvalue weighted by atomic mass is 10.1. The normalized spacial score (nSPS) is 10.1. The van der Waals surface area contributed by atoms with E-state index in [1.807, 2.05) is 0 Å². The topological polar surface area (TPSA) is 26.3 Å². The van der Waals surface area contributed by atoms with Crippen LogP contribution < -0.4 is 0 Å². The first kappa shape index (κ1) is 12.8. The van der Waals surface area contributed by atoms with E-state index in [9.17, 15) is 4.79 Å². The van der Waals surface area contributed by atoms with Gasteiger partial charge in [0, 0.05) is 6.42 Å². The van der Waals surface area contributed by atoms with E-state index in [0.717, 1.165) is 19.3 Å². The summed E-state index contributed by atoms with van der Waals surface area (Å²) in [6.07, 6.45) is 3.26. The average Bonchev–Trinajstić information content (AvgIpc) is 2.29. The van der Waals surface area contributed by atoms with Crippen molar-refractivity contribution in [2.75, 3.05) is 6.61 Å². The van der Waals surface area contributed by atoms with E-state index in [4.69, 9.17) is 4.74 Å². The highest BCUT2D eigenvalue weighted by atomic mass is 16.5. The SMILES string of the molecule is CCCCOC(=O)CCc1ccc(C)cc1. The third-order valence-corrected chi connectivity index (χ3v) is 2.50. The van der Waals surface area contributed by atoms with Gasteiger partial charge in [0.1, 0.15) is 0 Å². The molecule has 0 radical (unpaired) electrons. The van der Waals surface area contributed by atoms with Gasteiger partial charge in [-0.2, -0.15) is 0 Å². The Balaban J connectivity index is 2.23. The molecule has 0 aromatic heterocycles. The zero-order valence-corrected chi connectivity index (χ0v) is 10.2. The molecule has 2 nitrogen and oxygen atoms in total. The quantitative estimate of drug-likeness (QED) is 0.543. The summed E-state index contributed by atoms with van der Waals surface area (Å²) in [5, 5.41) is 0. The van der Waals surface area contributed by atoms with Crippen LogP contribution in [0.5, 0.6) is 0 Å². The van der Waals surface area contributed by atoms with E-state index in [1.54, 1.807) is 0 Å². The Hall–Kier alpha value is -1.31. The van der Waals surface area contributed by atoms with Crippen molar-refractivity contribution >= 4 is 5.97 Å². The van der Waals surface area contributed by atoms with Crippen molar-refractivity contribution in [3.63, 3.8) is 0 Å². The lowest BCUT2D eigenvalue weighted by molar-refractivity contribution is -0.143. The minimum absolute atomic E-state index is 0.0889. The van der Waals surface area contributed by atoms with E-state index in [0.29, 0.717) is 13.0 Å². The molecule has 0 atom stereocenters. The Morgan fingerprint density at radius 1 is 1.25 bits per heavy atom. The molecule has 0 aliphatic carbocycles. The molecule has 0 saturated heterocycles.